The summed E-state index contributed by atoms with van der Waals surface area (Å²) in [7, 11) is 3.58. The Kier molecular flexibility index (Phi) is 18.9. The summed E-state index contributed by atoms with van der Waals surface area (Å²) in [6.07, 6.45) is 13.6. The minimum Gasteiger partial charge on any atom is -0.850 e. The van der Waals surface area contributed by atoms with Gasteiger partial charge in [0.25, 0.3) is 12.9 Å². The Morgan fingerprint density at radius 2 is 1.12 bits per heavy atom. The molecule has 4 aromatic heterocycles. The fraction of sp³-hybridized carbons (Fsp3) is 0.544. The summed E-state index contributed by atoms with van der Waals surface area (Å²) >= 11 is 2.30. The van der Waals surface area contributed by atoms with Crippen LogP contribution in [0.1, 0.15) is 168 Å². The summed E-state index contributed by atoms with van der Waals surface area (Å²) in [6, 6.07) is 7.20. The summed E-state index contributed by atoms with van der Waals surface area (Å²) in [5.74, 6) is 4.71. The second-order valence-corrected chi connectivity index (χ2v) is 22.9. The average Bonchev–Trinajstić information content (AvgIpc) is 4.32. The molecule has 6 aromatic rings. The molecule has 12 rings (SSSR count). The van der Waals surface area contributed by atoms with E-state index >= 15 is 0 Å². The predicted octanol–water partition coefficient (Wildman–Crippen LogP) is 8.11. The molecule has 3 aliphatic heterocycles. The molecule has 2 aromatic carbocycles. The first-order valence-corrected chi connectivity index (χ1v) is 28.1. The molecule has 0 saturated heterocycles. The van der Waals surface area contributed by atoms with Crippen LogP contribution in [0.3, 0.4) is 0 Å². The van der Waals surface area contributed by atoms with Crippen LogP contribution in [0, 0.1) is 3.70 Å². The van der Waals surface area contributed by atoms with E-state index in [9.17, 15) is 32.3 Å². The van der Waals surface area contributed by atoms with Crippen LogP contribution in [-0.4, -0.2) is 85.5 Å². The molecule has 0 spiro atoms. The van der Waals surface area contributed by atoms with Crippen molar-refractivity contribution in [1.29, 1.82) is 0 Å². The Bertz CT molecular complexity index is 3060. The predicted molar refractivity (Wildman–Crippen MR) is 291 cm³/mol. The second kappa shape index (κ2) is 24.8. The summed E-state index contributed by atoms with van der Waals surface area (Å²) in [5, 5.41) is 18.4. The number of carbonyl (C=O) groups is 2. The number of rotatable bonds is 9. The van der Waals surface area contributed by atoms with Crippen LogP contribution in [0.2, 0.25) is 0 Å². The fourth-order valence-electron chi connectivity index (χ4n) is 10.8. The van der Waals surface area contributed by atoms with E-state index in [1.807, 2.05) is 35.8 Å². The second-order valence-electron chi connectivity index (χ2n) is 21.9. The van der Waals surface area contributed by atoms with Crippen molar-refractivity contribution in [2.24, 2.45) is 14.1 Å². The number of anilines is 2. The molecular formula is C57H71F4IN11NaO3. The van der Waals surface area contributed by atoms with Crippen LogP contribution in [0.5, 0.6) is 0 Å². The standard InChI is InChI=1S/C26H30F2N6O.C15H16F2N2.C12H16IN3O.C4H9O.Na/c1-3-23(35)32-9-10-34-22(15-32)26(30-25(34)16-6-7-16)33-8-4-5-17-11-19(18-13-29-31(2)14-18)20(24(27)28)12-21(17)33;1-19-9-12(8-18-19)13-6-10-4-2-3-5-11(10)7-14(13)15(16)17;1-2-10(17)15-5-6-16-9(7-15)11(13)14-12(16)8-3-4-8;1-4(2,3)5;/h11-14,16,24H,3-10,15H2,1-2H3;6-9,15H,2-5H2,1H3;8H,2-7H2,1H3;1-3H3;/q;;;-1;+1. The fourth-order valence-corrected chi connectivity index (χ4v) is 11.5. The molecule has 14 nitrogen and oxygen atoms in total. The van der Waals surface area contributed by atoms with E-state index < -0.39 is 18.5 Å². The molecule has 0 atom stereocenters. The largest absolute Gasteiger partial charge is 1.00 e. The number of hydrogen-bond donors (Lipinski definition) is 0. The van der Waals surface area contributed by atoms with E-state index in [0.29, 0.717) is 54.5 Å². The minimum absolute atomic E-state index is 0. The van der Waals surface area contributed by atoms with Crippen LogP contribution < -0.4 is 39.6 Å². The molecule has 0 N–H and O–H groups in total. The first kappa shape index (κ1) is 58.6. The van der Waals surface area contributed by atoms with E-state index in [4.69, 9.17) is 4.98 Å². The van der Waals surface area contributed by atoms with Gasteiger partial charge < -0.3 is 28.9 Å². The first-order chi connectivity index (χ1) is 36.3. The maximum Gasteiger partial charge on any atom is 1.00 e. The van der Waals surface area contributed by atoms with E-state index in [2.05, 4.69) is 51.8 Å². The molecule has 2 fully saturated rings. The van der Waals surface area contributed by atoms with Crippen LogP contribution in [-0.2, 0) is 69.1 Å². The number of halogens is 5. The van der Waals surface area contributed by atoms with Gasteiger partial charge in [0.1, 0.15) is 15.3 Å². The van der Waals surface area contributed by atoms with E-state index in [1.165, 1.54) is 29.9 Å². The molecule has 408 valence electrons. The zero-order chi connectivity index (χ0) is 54.2. The van der Waals surface area contributed by atoms with Crippen molar-refractivity contribution >= 4 is 45.9 Å². The third-order valence-corrected chi connectivity index (χ3v) is 15.7. The van der Waals surface area contributed by atoms with Gasteiger partial charge in [-0.15, -0.1) is 5.60 Å². The molecular weight excluding hydrogens is 1110 g/mol. The molecule has 77 heavy (non-hydrogen) atoms. The minimum atomic E-state index is -2.60. The smallest absolute Gasteiger partial charge is 0.850 e. The summed E-state index contributed by atoms with van der Waals surface area (Å²) in [6.45, 7) is 13.9. The van der Waals surface area contributed by atoms with Crippen LogP contribution in [0.15, 0.2) is 49.1 Å². The van der Waals surface area contributed by atoms with Crippen molar-refractivity contribution in [3.63, 3.8) is 0 Å². The maximum atomic E-state index is 14.3. The van der Waals surface area contributed by atoms with Gasteiger partial charge in [-0.05, 0) is 133 Å². The van der Waals surface area contributed by atoms with Crippen molar-refractivity contribution in [2.75, 3.05) is 24.5 Å². The van der Waals surface area contributed by atoms with Crippen molar-refractivity contribution in [3.8, 4) is 22.3 Å². The normalized spacial score (nSPS) is 16.7. The number of aryl methyl sites for hydroxylation is 5. The van der Waals surface area contributed by atoms with Crippen LogP contribution in [0.25, 0.3) is 22.3 Å². The monoisotopic (exact) mass is 1180 g/mol. The zero-order valence-electron chi connectivity index (χ0n) is 45.9. The van der Waals surface area contributed by atoms with Gasteiger partial charge in [0.15, 0.2) is 5.82 Å². The SMILES string of the molecule is CC(C)(C)[O-].CCC(=O)N1CCn2c(C3CC3)nc(I)c2C1.CCC(=O)N1CCn2c(C3CC3)nc(N3CCCc4cc(-c5cnn(C)c5)c(C(F)F)cc43)c2C1.Cn1cc(-c2cc3c(cc2C(F)F)CCCC3)cn1.[Na+]. The van der Waals surface area contributed by atoms with Crippen LogP contribution in [0.4, 0.5) is 29.1 Å². The van der Waals surface area contributed by atoms with Gasteiger partial charge >= 0.3 is 29.6 Å². The number of benzene rings is 2. The quantitative estimate of drug-likeness (QED) is 0.0805. The summed E-state index contributed by atoms with van der Waals surface area (Å²) in [4.78, 5) is 40.0. The van der Waals surface area contributed by atoms with Crippen LogP contribution >= 0.6 is 22.6 Å². The number of aromatic nitrogens is 8. The van der Waals surface area contributed by atoms with Crippen molar-refractivity contribution in [2.45, 2.75) is 168 Å². The van der Waals surface area contributed by atoms with Crippen molar-refractivity contribution in [3.05, 3.63) is 104 Å². The number of hydrogen-bond acceptors (Lipinski definition) is 8. The third-order valence-electron chi connectivity index (χ3n) is 14.8. The summed E-state index contributed by atoms with van der Waals surface area (Å²) < 4.78 is 64.1. The molecule has 3 aliphatic carbocycles. The zero-order valence-corrected chi connectivity index (χ0v) is 50.1. The molecule has 2 amide bonds. The number of fused-ring (bicyclic) bond motifs is 4. The Morgan fingerprint density at radius 3 is 1.60 bits per heavy atom. The van der Waals surface area contributed by atoms with Crippen molar-refractivity contribution < 1.29 is 61.8 Å². The van der Waals surface area contributed by atoms with E-state index in [0.717, 1.165) is 128 Å². The Morgan fingerprint density at radius 1 is 0.662 bits per heavy atom. The summed E-state index contributed by atoms with van der Waals surface area (Å²) in [5.41, 5.74) is 8.47. The molecule has 0 bridgehead atoms. The van der Waals surface area contributed by atoms with Gasteiger partial charge in [-0.1, -0.05) is 40.7 Å². The molecule has 6 aliphatic rings. The molecule has 20 heteroatoms. The topological polar surface area (TPSA) is 138 Å². The van der Waals surface area contributed by atoms with E-state index in [-0.39, 0.29) is 52.5 Å². The Balaban J connectivity index is 0.000000157. The van der Waals surface area contributed by atoms with Gasteiger partial charge in [0, 0.05) is 112 Å². The Hall–Kier alpha value is -4.57. The number of nitrogens with zero attached hydrogens (tertiary/aromatic N) is 11. The molecule has 0 unspecified atom stereocenters. The number of carbonyl (C=O) groups excluding carboxylic acids is 2. The Labute approximate surface area is 485 Å². The van der Waals surface area contributed by atoms with E-state index in [1.54, 1.807) is 81.2 Å². The molecule has 0 radical (unpaired) electrons. The third kappa shape index (κ3) is 13.7. The van der Waals surface area contributed by atoms with Gasteiger partial charge in [-0.2, -0.15) is 10.2 Å². The number of imidazole rings is 2. The first-order valence-electron chi connectivity index (χ1n) is 27.0. The number of amides is 2. The molecule has 7 heterocycles. The maximum absolute atomic E-state index is 14.3. The molecule has 2 saturated carbocycles. The number of alkyl halides is 4. The average molecular weight is 1180 g/mol. The van der Waals surface area contributed by atoms with Crippen molar-refractivity contribution in [1.82, 2.24) is 48.5 Å². The van der Waals surface area contributed by atoms with Gasteiger partial charge in [-0.25, -0.2) is 27.5 Å². The van der Waals surface area contributed by atoms with Gasteiger partial charge in [0.2, 0.25) is 11.8 Å². The van der Waals surface area contributed by atoms with Gasteiger partial charge in [0.05, 0.1) is 36.9 Å². The van der Waals surface area contributed by atoms with Gasteiger partial charge in [-0.3, -0.25) is 19.0 Å².